The van der Waals surface area contributed by atoms with Gasteiger partial charge in [0.1, 0.15) is 0 Å². The van der Waals surface area contributed by atoms with Crippen LogP contribution in [0.25, 0.3) is 0 Å². The number of aliphatic carboxylic acids is 1. The zero-order chi connectivity index (χ0) is 11.0. The molecule has 0 aromatic carbocycles. The van der Waals surface area contributed by atoms with Gasteiger partial charge >= 0.3 is 5.97 Å². The van der Waals surface area contributed by atoms with Crippen LogP contribution >= 0.6 is 0 Å². The van der Waals surface area contributed by atoms with E-state index in [0.717, 1.165) is 24.9 Å². The Hall–Kier alpha value is -0.570. The first-order chi connectivity index (χ1) is 7.09. The normalized spacial score (nSPS) is 38.7. The molecule has 3 atom stereocenters. The monoisotopic (exact) mass is 211 g/mol. The van der Waals surface area contributed by atoms with Gasteiger partial charge in [-0.05, 0) is 18.3 Å². The predicted molar refractivity (Wildman–Crippen MR) is 58.7 cm³/mol. The van der Waals surface area contributed by atoms with E-state index in [1.54, 1.807) is 0 Å². The van der Waals surface area contributed by atoms with Crippen LogP contribution in [0.2, 0.25) is 0 Å². The molecule has 0 amide bonds. The molecule has 2 aliphatic rings. The number of hydrogen-bond acceptors (Lipinski definition) is 2. The third-order valence-electron chi connectivity index (χ3n) is 4.39. The van der Waals surface area contributed by atoms with Crippen molar-refractivity contribution in [1.29, 1.82) is 0 Å². The fourth-order valence-electron chi connectivity index (χ4n) is 3.01. The fourth-order valence-corrected chi connectivity index (χ4v) is 3.01. The minimum atomic E-state index is -0.622. The second-order valence-electron chi connectivity index (χ2n) is 5.32. The van der Waals surface area contributed by atoms with Crippen LogP contribution in [0.15, 0.2) is 0 Å². The second-order valence-corrected chi connectivity index (χ2v) is 5.32. The lowest BCUT2D eigenvalue weighted by atomic mass is 9.76. The average Bonchev–Trinajstić information content (AvgIpc) is 2.09. The fraction of sp³-hybridized carbons (Fsp3) is 0.917. The molecular weight excluding hydrogens is 190 g/mol. The van der Waals surface area contributed by atoms with Gasteiger partial charge in [0, 0.05) is 19.1 Å². The van der Waals surface area contributed by atoms with Crippen LogP contribution in [0.3, 0.4) is 0 Å². The molecule has 2 fully saturated rings. The largest absolute Gasteiger partial charge is 0.481 e. The molecule has 2 rings (SSSR count). The van der Waals surface area contributed by atoms with Crippen molar-refractivity contribution in [2.75, 3.05) is 13.1 Å². The predicted octanol–water partition coefficient (Wildman–Crippen LogP) is 1.83. The van der Waals surface area contributed by atoms with E-state index in [9.17, 15) is 4.79 Å². The van der Waals surface area contributed by atoms with E-state index in [1.165, 1.54) is 19.3 Å². The maximum absolute atomic E-state index is 10.7. The molecule has 0 radical (unpaired) electrons. The zero-order valence-electron chi connectivity index (χ0n) is 9.65. The van der Waals surface area contributed by atoms with Crippen molar-refractivity contribution < 1.29 is 9.90 Å². The van der Waals surface area contributed by atoms with Crippen LogP contribution in [0.4, 0.5) is 0 Å². The summed E-state index contributed by atoms with van der Waals surface area (Å²) >= 11 is 0. The first kappa shape index (κ1) is 10.9. The molecule has 1 saturated carbocycles. The van der Waals surface area contributed by atoms with Crippen molar-refractivity contribution in [3.63, 3.8) is 0 Å². The van der Waals surface area contributed by atoms with E-state index in [2.05, 4.69) is 18.7 Å². The molecule has 3 unspecified atom stereocenters. The lowest BCUT2D eigenvalue weighted by molar-refractivity contribution is -0.150. The lowest BCUT2D eigenvalue weighted by Gasteiger charge is -2.48. The summed E-state index contributed by atoms with van der Waals surface area (Å²) in [7, 11) is 0. The summed E-state index contributed by atoms with van der Waals surface area (Å²) < 4.78 is 0. The maximum atomic E-state index is 10.7. The first-order valence-corrected chi connectivity index (χ1v) is 6.06. The number of nitrogens with zero attached hydrogens (tertiary/aromatic N) is 1. The molecule has 3 heteroatoms. The molecular formula is C12H21NO2. The van der Waals surface area contributed by atoms with Crippen molar-refractivity contribution in [2.45, 2.75) is 39.2 Å². The number of hydrogen-bond donors (Lipinski definition) is 1. The SMILES string of the molecule is CC1CCCC(N2CC(C(=O)O)C2)C1C. The number of likely N-dealkylation sites (tertiary alicyclic amines) is 1. The summed E-state index contributed by atoms with van der Waals surface area (Å²) in [5, 5.41) is 8.84. The summed E-state index contributed by atoms with van der Waals surface area (Å²) in [4.78, 5) is 13.1. The topological polar surface area (TPSA) is 40.5 Å². The first-order valence-electron chi connectivity index (χ1n) is 6.06. The van der Waals surface area contributed by atoms with Crippen LogP contribution in [0.5, 0.6) is 0 Å². The number of carboxylic acids is 1. The van der Waals surface area contributed by atoms with E-state index in [-0.39, 0.29) is 5.92 Å². The van der Waals surface area contributed by atoms with Crippen LogP contribution in [0.1, 0.15) is 33.1 Å². The molecule has 15 heavy (non-hydrogen) atoms. The smallest absolute Gasteiger partial charge is 0.309 e. The van der Waals surface area contributed by atoms with Gasteiger partial charge in [0.15, 0.2) is 0 Å². The number of carbonyl (C=O) groups is 1. The molecule has 1 heterocycles. The lowest BCUT2D eigenvalue weighted by Crippen LogP contribution is -2.57. The highest BCUT2D eigenvalue weighted by Gasteiger charge is 2.40. The van der Waals surface area contributed by atoms with Gasteiger partial charge in [-0.1, -0.05) is 26.7 Å². The van der Waals surface area contributed by atoms with Gasteiger partial charge in [0.2, 0.25) is 0 Å². The summed E-state index contributed by atoms with van der Waals surface area (Å²) in [6.45, 7) is 6.20. The summed E-state index contributed by atoms with van der Waals surface area (Å²) in [5.74, 6) is 0.804. The van der Waals surface area contributed by atoms with Gasteiger partial charge in [-0.2, -0.15) is 0 Å². The van der Waals surface area contributed by atoms with E-state index in [1.807, 2.05) is 0 Å². The summed E-state index contributed by atoms with van der Waals surface area (Å²) in [5.41, 5.74) is 0. The number of carboxylic acid groups (broad SMARTS) is 1. The molecule has 1 N–H and O–H groups in total. The Labute approximate surface area is 91.5 Å². The van der Waals surface area contributed by atoms with Crippen LogP contribution in [-0.2, 0) is 4.79 Å². The molecule has 0 spiro atoms. The second kappa shape index (κ2) is 4.12. The van der Waals surface area contributed by atoms with Crippen LogP contribution < -0.4 is 0 Å². The molecule has 1 saturated heterocycles. The van der Waals surface area contributed by atoms with Crippen molar-refractivity contribution in [3.8, 4) is 0 Å². The van der Waals surface area contributed by atoms with Gasteiger partial charge in [-0.25, -0.2) is 0 Å². The van der Waals surface area contributed by atoms with E-state index in [0.29, 0.717) is 6.04 Å². The molecule has 1 aliphatic carbocycles. The van der Waals surface area contributed by atoms with E-state index < -0.39 is 5.97 Å². The highest BCUT2D eigenvalue weighted by molar-refractivity contribution is 5.71. The van der Waals surface area contributed by atoms with E-state index >= 15 is 0 Å². The van der Waals surface area contributed by atoms with Crippen LogP contribution in [-0.4, -0.2) is 35.1 Å². The quantitative estimate of drug-likeness (QED) is 0.757. The minimum Gasteiger partial charge on any atom is -0.481 e. The molecule has 3 nitrogen and oxygen atoms in total. The summed E-state index contributed by atoms with van der Waals surface area (Å²) in [6.07, 6.45) is 3.91. The van der Waals surface area contributed by atoms with Crippen molar-refractivity contribution in [3.05, 3.63) is 0 Å². The Kier molecular flexibility index (Phi) is 3.01. The Bertz CT molecular complexity index is 248. The third kappa shape index (κ3) is 2.03. The number of rotatable bonds is 2. The van der Waals surface area contributed by atoms with Crippen LogP contribution in [0, 0.1) is 17.8 Å². The Morgan fingerprint density at radius 2 is 1.93 bits per heavy atom. The molecule has 86 valence electrons. The van der Waals surface area contributed by atoms with Gasteiger partial charge < -0.3 is 5.11 Å². The van der Waals surface area contributed by atoms with Crippen molar-refractivity contribution in [1.82, 2.24) is 4.90 Å². The molecule has 0 aromatic rings. The standard InChI is InChI=1S/C12H21NO2/c1-8-4-3-5-11(9(8)2)13-6-10(7-13)12(14)15/h8-11H,3-7H2,1-2H3,(H,14,15). The van der Waals surface area contributed by atoms with Gasteiger partial charge in [0.25, 0.3) is 0 Å². The third-order valence-corrected chi connectivity index (χ3v) is 4.39. The Morgan fingerprint density at radius 3 is 2.53 bits per heavy atom. The molecule has 0 bridgehead atoms. The Balaban J connectivity index is 1.87. The van der Waals surface area contributed by atoms with Gasteiger partial charge in [-0.15, -0.1) is 0 Å². The minimum absolute atomic E-state index is 0.102. The molecule has 0 aromatic heterocycles. The van der Waals surface area contributed by atoms with Crippen molar-refractivity contribution >= 4 is 5.97 Å². The van der Waals surface area contributed by atoms with Crippen molar-refractivity contribution in [2.24, 2.45) is 17.8 Å². The highest BCUT2D eigenvalue weighted by Crippen LogP contribution is 2.35. The Morgan fingerprint density at radius 1 is 1.27 bits per heavy atom. The average molecular weight is 211 g/mol. The van der Waals surface area contributed by atoms with Gasteiger partial charge in [0.05, 0.1) is 5.92 Å². The highest BCUT2D eigenvalue weighted by atomic mass is 16.4. The summed E-state index contributed by atoms with van der Waals surface area (Å²) in [6, 6.07) is 0.643. The maximum Gasteiger partial charge on any atom is 0.309 e. The van der Waals surface area contributed by atoms with E-state index in [4.69, 9.17) is 5.11 Å². The molecule has 1 aliphatic heterocycles. The zero-order valence-corrected chi connectivity index (χ0v) is 9.65. The van der Waals surface area contributed by atoms with Gasteiger partial charge in [-0.3, -0.25) is 9.69 Å².